The van der Waals surface area contributed by atoms with Crippen molar-refractivity contribution in [3.05, 3.63) is 270 Å². The quantitative estimate of drug-likeness (QED) is 0.152. The molecule has 9 aromatic rings. The molecule has 12 rings (SSSR count). The highest BCUT2D eigenvalue weighted by atomic mass is 31.2. The molecule has 3 aliphatic rings. The molecule has 0 amide bonds. The molecule has 3 heterocycles. The first-order chi connectivity index (χ1) is 38.1. The molecule has 0 atom stereocenters. The van der Waals surface area contributed by atoms with Crippen molar-refractivity contribution in [2.75, 3.05) is 18.5 Å². The topological polar surface area (TPSA) is 114 Å². The van der Waals surface area contributed by atoms with E-state index in [0.717, 1.165) is 82.3 Å². The van der Waals surface area contributed by atoms with E-state index in [1.807, 2.05) is 0 Å². The van der Waals surface area contributed by atoms with Crippen LogP contribution in [0.3, 0.4) is 0 Å². The third-order valence-corrected chi connectivity index (χ3v) is 26.6. The van der Waals surface area contributed by atoms with Crippen molar-refractivity contribution in [1.82, 2.24) is 4.90 Å². The van der Waals surface area contributed by atoms with Crippen molar-refractivity contribution in [2.24, 2.45) is 51.0 Å². The fourth-order valence-electron chi connectivity index (χ4n) is 11.4. The number of rotatable bonds is 6. The minimum Gasteiger partial charge on any atom is -0.290 e. The lowest BCUT2D eigenvalue weighted by Gasteiger charge is -2.43. The van der Waals surface area contributed by atoms with Crippen molar-refractivity contribution < 1.29 is 0 Å². The number of fused-ring (bicyclic) bond motifs is 6. The first-order valence-electron chi connectivity index (χ1n) is 26.5. The third kappa shape index (κ3) is 11.2. The number of hydrogen-bond acceptors (Lipinski definition) is 10. The number of nitrogens with zero attached hydrogens (tertiary/aromatic N) is 10. The zero-order valence-corrected chi connectivity index (χ0v) is 47.3. The smallest absolute Gasteiger partial charge is 0.0920 e. The van der Waals surface area contributed by atoms with E-state index >= 15 is 0 Å². The van der Waals surface area contributed by atoms with Crippen LogP contribution in [0, 0.1) is 26.2 Å². The molecule has 10 nitrogen and oxygen atoms in total. The van der Waals surface area contributed by atoms with Crippen LogP contribution in [0.2, 0.25) is 0 Å². The first kappa shape index (κ1) is 52.5. The Bertz CT molecular complexity index is 3300. The number of benzene rings is 9. The summed E-state index contributed by atoms with van der Waals surface area (Å²) in [6.45, 7) is 10.4. The molecule has 388 valence electrons. The van der Waals surface area contributed by atoms with Crippen LogP contribution in [0.5, 0.6) is 0 Å². The number of aryl methyl sites for hydroxylation is 3. The maximum absolute atomic E-state index is 5.77. The molecule has 3 aliphatic heterocycles. The van der Waals surface area contributed by atoms with Gasteiger partial charge in [0.05, 0.1) is 38.2 Å². The molecule has 2 bridgehead atoms. The molecule has 9 aromatic carbocycles. The summed E-state index contributed by atoms with van der Waals surface area (Å²) in [7, 11) is -8.97. The van der Waals surface area contributed by atoms with Crippen molar-refractivity contribution >= 4 is 70.1 Å². The van der Waals surface area contributed by atoms with Gasteiger partial charge in [0, 0.05) is 19.6 Å². The van der Waals surface area contributed by atoms with Gasteiger partial charge in [-0.15, -0.1) is 29.9 Å². The summed E-state index contributed by atoms with van der Waals surface area (Å²) in [5.74, 6) is 0. The Hall–Kier alpha value is -7.57. The first-order valence-corrected chi connectivity index (χ1v) is 32.3. The highest BCUT2D eigenvalue weighted by Gasteiger charge is 2.46. The minimum absolute atomic E-state index is 0.531. The fourth-order valence-corrected chi connectivity index (χ4v) is 23.2. The van der Waals surface area contributed by atoms with E-state index in [1.54, 1.807) is 0 Å². The Morgan fingerprint density at radius 1 is 0.321 bits per heavy atom. The molecule has 0 unspecified atom stereocenters. The zero-order chi connectivity index (χ0) is 53.4. The second-order valence-corrected chi connectivity index (χ2v) is 30.2. The van der Waals surface area contributed by atoms with Crippen molar-refractivity contribution in [2.45, 2.75) is 47.3 Å². The Morgan fingerprint density at radius 2 is 0.551 bits per heavy atom. The van der Waals surface area contributed by atoms with Gasteiger partial charge < -0.3 is 0 Å². The van der Waals surface area contributed by atoms with E-state index in [-0.39, 0.29) is 0 Å². The maximum Gasteiger partial charge on any atom is 0.0920 e. The van der Waals surface area contributed by atoms with Gasteiger partial charge in [-0.2, -0.15) is 0 Å². The van der Waals surface area contributed by atoms with Gasteiger partial charge in [0.25, 0.3) is 0 Å². The lowest BCUT2D eigenvalue weighted by Crippen LogP contribution is -2.40. The van der Waals surface area contributed by atoms with E-state index < -0.39 is 26.6 Å². The van der Waals surface area contributed by atoms with Crippen LogP contribution in [0.4, 0.5) is 17.1 Å². The predicted octanol–water partition coefficient (Wildman–Crippen LogP) is 16.4. The van der Waals surface area contributed by atoms with Crippen molar-refractivity contribution in [1.29, 1.82) is 0 Å². The third-order valence-electron chi connectivity index (χ3n) is 14.9. The number of hydrogen-bond donors (Lipinski definition) is 0. The zero-order valence-electron chi connectivity index (χ0n) is 44.6. The maximum atomic E-state index is 5.77. The summed E-state index contributed by atoms with van der Waals surface area (Å²) in [6.07, 6.45) is 1.69. The summed E-state index contributed by atoms with van der Waals surface area (Å²) < 4.78 is 0. The molecule has 0 radical (unpaired) electrons. The average molecular weight is 1080 g/mol. The van der Waals surface area contributed by atoms with E-state index in [0.29, 0.717) is 38.1 Å². The molecule has 0 fully saturated rings. The predicted molar refractivity (Wildman–Crippen MR) is 327 cm³/mol. The summed E-state index contributed by atoms with van der Waals surface area (Å²) in [5.41, 5.74) is 8.06. The molecular weight excluding hydrogens is 1010 g/mol. The fraction of sp³-hybridized carbons (Fsp3) is 0.169. The van der Waals surface area contributed by atoms with Gasteiger partial charge in [-0.25, -0.2) is 0 Å². The van der Waals surface area contributed by atoms with Gasteiger partial charge in [0.2, 0.25) is 0 Å². The molecule has 13 heteroatoms. The Morgan fingerprint density at radius 3 is 0.782 bits per heavy atom. The van der Waals surface area contributed by atoms with E-state index in [4.69, 9.17) is 45.6 Å². The van der Waals surface area contributed by atoms with Crippen LogP contribution in [0.15, 0.2) is 282 Å². The monoisotopic (exact) mass is 1080 g/mol. The van der Waals surface area contributed by atoms with Crippen LogP contribution in [0.1, 0.15) is 40.3 Å². The van der Waals surface area contributed by atoms with Gasteiger partial charge >= 0.3 is 0 Å². The molecule has 78 heavy (non-hydrogen) atoms. The van der Waals surface area contributed by atoms with Gasteiger partial charge in [-0.05, 0) is 127 Å². The van der Waals surface area contributed by atoms with Gasteiger partial charge in [0.1, 0.15) is 0 Å². The van der Waals surface area contributed by atoms with Crippen LogP contribution in [-0.2, 0) is 19.6 Å². The van der Waals surface area contributed by atoms with Crippen LogP contribution >= 0.6 is 21.2 Å². The minimum atomic E-state index is -2.99. The SMILES string of the molecule is Cc1ccc2c(c1)CN1Cc3cc(C)ccc3N=NN=P(c3ccccc3)(c3ccccc3)CC(C)(CP(c3ccccc3)(c3ccccc3)=NN=N2)CP(c2ccccc2)(c2ccccc2)=NN=Nc2ccc(C)cc2C1. The molecule has 0 aliphatic carbocycles. The van der Waals surface area contributed by atoms with Gasteiger partial charge in [0.15, 0.2) is 0 Å². The van der Waals surface area contributed by atoms with E-state index in [1.165, 1.54) is 0 Å². The Balaban J connectivity index is 1.33. The van der Waals surface area contributed by atoms with E-state index in [9.17, 15) is 0 Å². The second kappa shape index (κ2) is 23.2. The molecule has 0 N–H and O–H groups in total. The lowest BCUT2D eigenvalue weighted by molar-refractivity contribution is 0.248. The molecular formula is C65H63N10P3. The van der Waals surface area contributed by atoms with E-state index in [2.05, 4.69) is 269 Å². The molecule has 0 saturated carbocycles. The largest absolute Gasteiger partial charge is 0.290 e. The van der Waals surface area contributed by atoms with Crippen LogP contribution < -0.4 is 31.8 Å². The Kier molecular flexibility index (Phi) is 15.6. The van der Waals surface area contributed by atoms with Crippen molar-refractivity contribution in [3.8, 4) is 0 Å². The summed E-state index contributed by atoms with van der Waals surface area (Å²) >= 11 is 0. The molecule has 0 saturated heterocycles. The molecule has 0 spiro atoms. The average Bonchev–Trinajstić information content (AvgIpc) is 3.67. The standard InChI is InChI=1S/C65H63N10P3/c1-50-35-38-62-53(41-50)44-75-45-54-42-51(2)36-39-63(54)67-70-73-77(58-27-15-7-16-28-58,59-29-17-8-18-30-59)48-65(4,47-76(72-69-66-62,56-23-11-5-12-24-56)57-25-13-6-14-26-57)49-78(60-31-19-9-20-32-60,61-33-21-10-22-34-61)74-71-68-64-40-37-52(3)43-55(64)46-75/h5-43H,44-49H2,1-4H3. The second-order valence-electron chi connectivity index (χ2n) is 21.0. The summed E-state index contributed by atoms with van der Waals surface area (Å²) in [5, 5.41) is 37.6. The normalized spacial score (nSPS) is 18.8. The Labute approximate surface area is 459 Å². The van der Waals surface area contributed by atoms with Crippen molar-refractivity contribution in [3.63, 3.8) is 0 Å². The highest BCUT2D eigenvalue weighted by molar-refractivity contribution is 7.83. The van der Waals surface area contributed by atoms with Gasteiger partial charge in [-0.1, -0.05) is 242 Å². The molecule has 0 aromatic heterocycles. The summed E-state index contributed by atoms with van der Waals surface area (Å²) in [4.78, 5) is 19.7. The van der Waals surface area contributed by atoms with Gasteiger partial charge in [-0.3, -0.25) is 4.90 Å². The van der Waals surface area contributed by atoms with Crippen LogP contribution in [-0.4, -0.2) is 23.4 Å². The lowest BCUT2D eigenvalue weighted by atomic mass is 9.99. The van der Waals surface area contributed by atoms with Crippen LogP contribution in [0.25, 0.3) is 0 Å². The summed E-state index contributed by atoms with van der Waals surface area (Å²) in [6, 6.07) is 84.1. The highest BCUT2D eigenvalue weighted by Crippen LogP contribution is 2.63.